The van der Waals surface area contributed by atoms with Gasteiger partial charge in [-0.2, -0.15) is 0 Å². The maximum absolute atomic E-state index is 3.70. The second-order valence-corrected chi connectivity index (χ2v) is 6.22. The summed E-state index contributed by atoms with van der Waals surface area (Å²) in [5.74, 6) is 0.394. The lowest BCUT2D eigenvalue weighted by atomic mass is 9.86. The largest absolute Gasteiger partial charge is 0.0619 e. The molecule has 2 aromatic carbocycles. The van der Waals surface area contributed by atoms with E-state index in [0.29, 0.717) is 5.92 Å². The molecule has 0 amide bonds. The number of halogens is 1. The average molecular weight is 313 g/mol. The van der Waals surface area contributed by atoms with Crippen LogP contribution in [-0.4, -0.2) is 0 Å². The quantitative estimate of drug-likeness (QED) is 0.641. The van der Waals surface area contributed by atoms with Gasteiger partial charge in [0.2, 0.25) is 0 Å². The SMILES string of the molecule is CC1=Cc2c(C)ccc(C)c2C1c1ccccc1Br. The second kappa shape index (κ2) is 4.64. The lowest BCUT2D eigenvalue weighted by molar-refractivity contribution is 0.954. The molecule has 0 nitrogen and oxygen atoms in total. The molecule has 0 saturated heterocycles. The molecule has 3 rings (SSSR count). The van der Waals surface area contributed by atoms with Crippen LogP contribution in [0.25, 0.3) is 6.08 Å². The van der Waals surface area contributed by atoms with Gasteiger partial charge in [0.15, 0.2) is 0 Å². The van der Waals surface area contributed by atoms with E-state index in [1.807, 2.05) is 0 Å². The molecule has 19 heavy (non-hydrogen) atoms. The molecule has 1 atom stereocenters. The summed E-state index contributed by atoms with van der Waals surface area (Å²) >= 11 is 3.70. The molecule has 0 heterocycles. The highest BCUT2D eigenvalue weighted by Gasteiger charge is 2.27. The summed E-state index contributed by atoms with van der Waals surface area (Å²) < 4.78 is 1.20. The van der Waals surface area contributed by atoms with Gasteiger partial charge in [-0.25, -0.2) is 0 Å². The molecule has 1 heteroatoms. The molecular formula is C18H17Br. The van der Waals surface area contributed by atoms with E-state index < -0.39 is 0 Å². The summed E-state index contributed by atoms with van der Waals surface area (Å²) in [5.41, 5.74) is 8.44. The molecule has 0 fully saturated rings. The molecule has 2 aromatic rings. The average Bonchev–Trinajstić information content (AvgIpc) is 2.73. The van der Waals surface area contributed by atoms with Crippen LogP contribution in [0.15, 0.2) is 46.4 Å². The van der Waals surface area contributed by atoms with Crippen LogP contribution in [0.2, 0.25) is 0 Å². The summed E-state index contributed by atoms with van der Waals surface area (Å²) in [6, 6.07) is 13.0. The smallest absolute Gasteiger partial charge is 0.0319 e. The van der Waals surface area contributed by atoms with Gasteiger partial charge in [0.05, 0.1) is 0 Å². The highest BCUT2D eigenvalue weighted by molar-refractivity contribution is 9.10. The van der Waals surface area contributed by atoms with Crippen LogP contribution in [0.3, 0.4) is 0 Å². The van der Waals surface area contributed by atoms with Crippen molar-refractivity contribution in [2.45, 2.75) is 26.7 Å². The monoisotopic (exact) mass is 312 g/mol. The minimum Gasteiger partial charge on any atom is -0.0619 e. The third-order valence-corrected chi connectivity index (χ3v) is 4.78. The van der Waals surface area contributed by atoms with Crippen LogP contribution in [0.1, 0.15) is 40.7 Å². The Labute approximate surface area is 123 Å². The predicted molar refractivity (Wildman–Crippen MR) is 85.6 cm³/mol. The lowest BCUT2D eigenvalue weighted by Crippen LogP contribution is -2.03. The van der Waals surface area contributed by atoms with E-state index in [-0.39, 0.29) is 0 Å². The van der Waals surface area contributed by atoms with Crippen LogP contribution >= 0.6 is 15.9 Å². The number of aryl methyl sites for hydroxylation is 2. The van der Waals surface area contributed by atoms with E-state index in [0.717, 1.165) is 0 Å². The summed E-state index contributed by atoms with van der Waals surface area (Å²) in [5, 5.41) is 0. The van der Waals surface area contributed by atoms with Gasteiger partial charge < -0.3 is 0 Å². The summed E-state index contributed by atoms with van der Waals surface area (Å²) in [6.45, 7) is 6.65. The van der Waals surface area contributed by atoms with E-state index in [1.165, 1.54) is 37.9 Å². The van der Waals surface area contributed by atoms with Gasteiger partial charge >= 0.3 is 0 Å². The first-order valence-electron chi connectivity index (χ1n) is 6.62. The molecule has 0 saturated carbocycles. The maximum atomic E-state index is 3.70. The fourth-order valence-corrected chi connectivity index (χ4v) is 3.59. The van der Waals surface area contributed by atoms with E-state index >= 15 is 0 Å². The van der Waals surface area contributed by atoms with Crippen LogP contribution in [0.4, 0.5) is 0 Å². The van der Waals surface area contributed by atoms with Crippen LogP contribution in [-0.2, 0) is 0 Å². The number of hydrogen-bond donors (Lipinski definition) is 0. The van der Waals surface area contributed by atoms with E-state index in [9.17, 15) is 0 Å². The number of rotatable bonds is 1. The zero-order valence-electron chi connectivity index (χ0n) is 11.5. The minimum atomic E-state index is 0.394. The van der Waals surface area contributed by atoms with Gasteiger partial charge in [0.25, 0.3) is 0 Å². The van der Waals surface area contributed by atoms with Gasteiger partial charge in [0.1, 0.15) is 0 Å². The Morgan fingerprint density at radius 1 is 0.895 bits per heavy atom. The Balaban J connectivity index is 2.25. The van der Waals surface area contributed by atoms with Crippen LogP contribution < -0.4 is 0 Å². The lowest BCUT2D eigenvalue weighted by Gasteiger charge is -2.19. The molecule has 1 aliphatic carbocycles. The molecular weight excluding hydrogens is 296 g/mol. The molecule has 0 N–H and O–H groups in total. The number of benzene rings is 2. The molecule has 0 spiro atoms. The highest BCUT2D eigenvalue weighted by atomic mass is 79.9. The molecule has 0 bridgehead atoms. The Kier molecular flexibility index (Phi) is 3.10. The normalized spacial score (nSPS) is 17.3. The fraction of sp³-hybridized carbons (Fsp3) is 0.222. The van der Waals surface area contributed by atoms with Crippen molar-refractivity contribution in [3.05, 3.63) is 74.3 Å². The van der Waals surface area contributed by atoms with Crippen molar-refractivity contribution >= 4 is 22.0 Å². The van der Waals surface area contributed by atoms with Gasteiger partial charge in [-0.1, -0.05) is 57.9 Å². The summed E-state index contributed by atoms with van der Waals surface area (Å²) in [4.78, 5) is 0. The number of fused-ring (bicyclic) bond motifs is 1. The van der Waals surface area contributed by atoms with E-state index in [2.05, 4.69) is 79.2 Å². The summed E-state index contributed by atoms with van der Waals surface area (Å²) in [7, 11) is 0. The van der Waals surface area contributed by atoms with E-state index in [4.69, 9.17) is 0 Å². The Hall–Kier alpha value is -1.34. The third-order valence-electron chi connectivity index (χ3n) is 4.06. The maximum Gasteiger partial charge on any atom is 0.0319 e. The standard InChI is InChI=1S/C18H17Br/c1-11-8-9-12(2)17-15(11)10-13(3)18(17)14-6-4-5-7-16(14)19/h4-10,18H,1-3H3. The minimum absolute atomic E-state index is 0.394. The first-order valence-corrected chi connectivity index (χ1v) is 7.41. The first kappa shape index (κ1) is 12.7. The fourth-order valence-electron chi connectivity index (χ4n) is 3.08. The van der Waals surface area contributed by atoms with Crippen molar-refractivity contribution in [3.8, 4) is 0 Å². The second-order valence-electron chi connectivity index (χ2n) is 5.37. The van der Waals surface area contributed by atoms with Crippen molar-refractivity contribution in [1.82, 2.24) is 0 Å². The van der Waals surface area contributed by atoms with Crippen molar-refractivity contribution in [1.29, 1.82) is 0 Å². The third kappa shape index (κ3) is 1.97. The number of allylic oxidation sites excluding steroid dienone is 1. The Morgan fingerprint density at radius 2 is 1.58 bits per heavy atom. The van der Waals surface area contributed by atoms with Crippen molar-refractivity contribution in [2.24, 2.45) is 0 Å². The molecule has 0 radical (unpaired) electrons. The Bertz CT molecular complexity index is 680. The van der Waals surface area contributed by atoms with Crippen molar-refractivity contribution < 1.29 is 0 Å². The topological polar surface area (TPSA) is 0 Å². The first-order chi connectivity index (χ1) is 9.09. The molecule has 1 aliphatic rings. The van der Waals surface area contributed by atoms with Gasteiger partial charge in [0, 0.05) is 10.4 Å². The molecule has 0 aromatic heterocycles. The molecule has 0 aliphatic heterocycles. The highest BCUT2D eigenvalue weighted by Crippen LogP contribution is 2.45. The molecule has 1 unspecified atom stereocenters. The number of hydrogen-bond acceptors (Lipinski definition) is 0. The van der Waals surface area contributed by atoms with Crippen molar-refractivity contribution in [2.75, 3.05) is 0 Å². The Morgan fingerprint density at radius 3 is 2.32 bits per heavy atom. The zero-order valence-corrected chi connectivity index (χ0v) is 13.1. The van der Waals surface area contributed by atoms with Crippen LogP contribution in [0.5, 0.6) is 0 Å². The molecule has 96 valence electrons. The predicted octanol–water partition coefficient (Wildman–Crippen LogP) is 5.61. The van der Waals surface area contributed by atoms with Gasteiger partial charge in [-0.3, -0.25) is 0 Å². The zero-order chi connectivity index (χ0) is 13.6. The van der Waals surface area contributed by atoms with E-state index in [1.54, 1.807) is 0 Å². The van der Waals surface area contributed by atoms with Crippen molar-refractivity contribution in [3.63, 3.8) is 0 Å². The van der Waals surface area contributed by atoms with Gasteiger partial charge in [-0.05, 0) is 54.7 Å². The van der Waals surface area contributed by atoms with Gasteiger partial charge in [-0.15, -0.1) is 0 Å². The van der Waals surface area contributed by atoms with Crippen LogP contribution in [0, 0.1) is 13.8 Å². The summed E-state index contributed by atoms with van der Waals surface area (Å²) in [6.07, 6.45) is 2.35.